The summed E-state index contributed by atoms with van der Waals surface area (Å²) in [6, 6.07) is 26.2. The van der Waals surface area contributed by atoms with E-state index in [1.165, 1.54) is 6.34 Å². The molecule has 168 valence electrons. The van der Waals surface area contributed by atoms with Crippen LogP contribution >= 0.6 is 0 Å². The van der Waals surface area contributed by atoms with Crippen molar-refractivity contribution in [3.63, 3.8) is 0 Å². The van der Waals surface area contributed by atoms with E-state index in [9.17, 15) is 9.59 Å². The Bertz CT molecular complexity index is 1140. The number of benzene rings is 3. The maximum absolute atomic E-state index is 12.8. The van der Waals surface area contributed by atoms with E-state index in [-0.39, 0.29) is 19.8 Å². The molecule has 3 aromatic rings. The van der Waals surface area contributed by atoms with Gasteiger partial charge in [-0.3, -0.25) is 0 Å². The van der Waals surface area contributed by atoms with E-state index in [1.807, 2.05) is 65.6 Å². The van der Waals surface area contributed by atoms with Crippen molar-refractivity contribution in [3.8, 4) is 22.3 Å². The molecule has 0 fully saturated rings. The Hall–Kier alpha value is -3.93. The zero-order valence-corrected chi connectivity index (χ0v) is 18.7. The maximum atomic E-state index is 12.8. The number of aliphatic imine (C=N–C) groups is 1. The van der Waals surface area contributed by atoms with Crippen LogP contribution in [0, 0.1) is 0 Å². The Morgan fingerprint density at radius 2 is 1.39 bits per heavy atom. The number of rotatable bonds is 7. The number of carbonyl (C=O) groups excluding carboxylic acids is 2. The van der Waals surface area contributed by atoms with E-state index in [1.54, 1.807) is 13.8 Å². The van der Waals surface area contributed by atoms with Crippen LogP contribution in [0.1, 0.15) is 13.8 Å². The second-order valence-electron chi connectivity index (χ2n) is 7.64. The molecule has 0 radical (unpaired) electrons. The third kappa shape index (κ3) is 4.37. The first-order valence-corrected chi connectivity index (χ1v) is 11.0. The lowest BCUT2D eigenvalue weighted by Gasteiger charge is -2.26. The molecule has 0 saturated heterocycles. The van der Waals surface area contributed by atoms with Crippen LogP contribution in [0.2, 0.25) is 0 Å². The van der Waals surface area contributed by atoms with E-state index >= 15 is 0 Å². The average Bonchev–Trinajstić information content (AvgIpc) is 3.32. The van der Waals surface area contributed by atoms with E-state index in [4.69, 9.17) is 9.47 Å². The lowest BCUT2D eigenvalue weighted by Crippen LogP contribution is -2.51. The van der Waals surface area contributed by atoms with E-state index in [0.29, 0.717) is 0 Å². The van der Waals surface area contributed by atoms with Gasteiger partial charge in [0, 0.05) is 5.56 Å². The summed E-state index contributed by atoms with van der Waals surface area (Å²) in [4.78, 5) is 31.9. The Kier molecular flexibility index (Phi) is 6.54. The van der Waals surface area contributed by atoms with Gasteiger partial charge < -0.3 is 14.4 Å². The first-order chi connectivity index (χ1) is 16.1. The summed E-state index contributed by atoms with van der Waals surface area (Å²) in [5, 5.41) is 0. The van der Waals surface area contributed by atoms with E-state index < -0.39 is 17.5 Å². The SMILES string of the molecule is CCOC(=O)C1(C(=O)OCC)CN(c2cc(-c3ccccc3)ccc2-c2ccccc2)C=N1. The molecule has 1 aliphatic rings. The van der Waals surface area contributed by atoms with Crippen LogP contribution in [-0.2, 0) is 19.1 Å². The highest BCUT2D eigenvalue weighted by atomic mass is 16.6. The molecule has 0 N–H and O–H groups in total. The van der Waals surface area contributed by atoms with Crippen LogP contribution in [0.25, 0.3) is 22.3 Å². The standard InChI is InChI=1S/C27H26N2O4/c1-3-32-25(30)27(26(31)33-4-2)18-29(19-28-27)24-17-22(20-11-7-5-8-12-20)15-16-23(24)21-13-9-6-10-14-21/h5-17,19H,3-4,18H2,1-2H3. The van der Waals surface area contributed by atoms with Gasteiger partial charge in [-0.15, -0.1) is 0 Å². The summed E-state index contributed by atoms with van der Waals surface area (Å²) in [6.07, 6.45) is 1.53. The number of esters is 2. The zero-order chi connectivity index (χ0) is 23.3. The minimum Gasteiger partial charge on any atom is -0.464 e. The van der Waals surface area contributed by atoms with Crippen molar-refractivity contribution in [2.24, 2.45) is 4.99 Å². The number of hydrogen-bond acceptors (Lipinski definition) is 6. The molecule has 0 aliphatic carbocycles. The molecule has 3 aromatic carbocycles. The molecule has 0 atom stereocenters. The molecule has 0 bridgehead atoms. The van der Waals surface area contributed by atoms with Gasteiger partial charge in [-0.2, -0.15) is 0 Å². The molecule has 0 spiro atoms. The van der Waals surface area contributed by atoms with Crippen molar-refractivity contribution >= 4 is 24.0 Å². The van der Waals surface area contributed by atoms with Crippen LogP contribution < -0.4 is 4.90 Å². The number of carbonyl (C=O) groups is 2. The molecule has 6 heteroatoms. The summed E-state index contributed by atoms with van der Waals surface area (Å²) in [6.45, 7) is 3.69. The zero-order valence-electron chi connectivity index (χ0n) is 18.7. The van der Waals surface area contributed by atoms with Gasteiger partial charge in [0.15, 0.2) is 0 Å². The van der Waals surface area contributed by atoms with Crippen LogP contribution in [0.4, 0.5) is 5.69 Å². The van der Waals surface area contributed by atoms with E-state index in [0.717, 1.165) is 27.9 Å². The third-order valence-corrected chi connectivity index (χ3v) is 5.54. The smallest absolute Gasteiger partial charge is 0.347 e. The fourth-order valence-electron chi connectivity index (χ4n) is 3.90. The first kappa shape index (κ1) is 22.3. The topological polar surface area (TPSA) is 68.2 Å². The van der Waals surface area contributed by atoms with Gasteiger partial charge in [-0.05, 0) is 36.6 Å². The Morgan fingerprint density at radius 3 is 1.97 bits per heavy atom. The van der Waals surface area contributed by atoms with Gasteiger partial charge in [0.1, 0.15) is 0 Å². The lowest BCUT2D eigenvalue weighted by atomic mass is 9.96. The Balaban J connectivity index is 1.79. The summed E-state index contributed by atoms with van der Waals surface area (Å²) < 4.78 is 10.4. The highest BCUT2D eigenvalue weighted by Gasteiger charge is 2.53. The van der Waals surface area contributed by atoms with Crippen molar-refractivity contribution in [1.29, 1.82) is 0 Å². The molecule has 33 heavy (non-hydrogen) atoms. The minimum absolute atomic E-state index is 0.00272. The van der Waals surface area contributed by atoms with Crippen molar-refractivity contribution < 1.29 is 19.1 Å². The van der Waals surface area contributed by atoms with Gasteiger partial charge in [0.25, 0.3) is 5.54 Å². The van der Waals surface area contributed by atoms with Gasteiger partial charge in [-0.1, -0.05) is 72.8 Å². The van der Waals surface area contributed by atoms with Gasteiger partial charge >= 0.3 is 11.9 Å². The highest BCUT2D eigenvalue weighted by Crippen LogP contribution is 2.37. The lowest BCUT2D eigenvalue weighted by molar-refractivity contribution is -0.162. The molecule has 0 aromatic heterocycles. The highest BCUT2D eigenvalue weighted by molar-refractivity contribution is 6.10. The third-order valence-electron chi connectivity index (χ3n) is 5.54. The molecule has 0 amide bonds. The average molecular weight is 443 g/mol. The molecule has 1 aliphatic heterocycles. The minimum atomic E-state index is -1.75. The number of anilines is 1. The molecule has 6 nitrogen and oxygen atoms in total. The van der Waals surface area contributed by atoms with Crippen LogP contribution in [0.15, 0.2) is 83.9 Å². The van der Waals surface area contributed by atoms with Crippen molar-refractivity contribution in [2.75, 3.05) is 24.7 Å². The summed E-state index contributed by atoms with van der Waals surface area (Å²) in [5.74, 6) is -1.41. The Morgan fingerprint density at radius 1 is 0.818 bits per heavy atom. The monoisotopic (exact) mass is 442 g/mol. The van der Waals surface area contributed by atoms with Crippen LogP contribution in [0.5, 0.6) is 0 Å². The van der Waals surface area contributed by atoms with Crippen LogP contribution in [-0.4, -0.2) is 43.6 Å². The van der Waals surface area contributed by atoms with Gasteiger partial charge in [-0.25, -0.2) is 14.6 Å². The van der Waals surface area contributed by atoms with E-state index in [2.05, 4.69) is 23.2 Å². The summed E-state index contributed by atoms with van der Waals surface area (Å²) in [5.41, 5.74) is 3.15. The first-order valence-electron chi connectivity index (χ1n) is 11.0. The van der Waals surface area contributed by atoms with Gasteiger partial charge in [0.2, 0.25) is 0 Å². The number of hydrogen-bond donors (Lipinski definition) is 0. The molecule has 0 saturated carbocycles. The fourth-order valence-corrected chi connectivity index (χ4v) is 3.90. The predicted octanol–water partition coefficient (Wildman–Crippen LogP) is 4.73. The second-order valence-corrected chi connectivity index (χ2v) is 7.64. The maximum Gasteiger partial charge on any atom is 0.347 e. The summed E-state index contributed by atoms with van der Waals surface area (Å²) in [7, 11) is 0. The molecule has 1 heterocycles. The summed E-state index contributed by atoms with van der Waals surface area (Å²) >= 11 is 0. The van der Waals surface area contributed by atoms with Crippen molar-refractivity contribution in [1.82, 2.24) is 0 Å². The van der Waals surface area contributed by atoms with Crippen molar-refractivity contribution in [3.05, 3.63) is 78.9 Å². The molecular weight excluding hydrogens is 416 g/mol. The second kappa shape index (κ2) is 9.69. The molecule has 4 rings (SSSR count). The molecular formula is C27H26N2O4. The largest absolute Gasteiger partial charge is 0.464 e. The molecule has 0 unspecified atom stereocenters. The van der Waals surface area contributed by atoms with Crippen LogP contribution in [0.3, 0.4) is 0 Å². The Labute approximate surface area is 193 Å². The normalized spacial score (nSPS) is 14.2. The quantitative estimate of drug-likeness (QED) is 0.391. The fraction of sp³-hybridized carbons (Fsp3) is 0.222. The van der Waals surface area contributed by atoms with Crippen molar-refractivity contribution in [2.45, 2.75) is 19.4 Å². The number of ether oxygens (including phenoxy) is 2. The predicted molar refractivity (Wildman–Crippen MR) is 129 cm³/mol. The van der Waals surface area contributed by atoms with Gasteiger partial charge in [0.05, 0.1) is 31.8 Å². The number of nitrogens with zero attached hydrogens (tertiary/aromatic N) is 2.